The summed E-state index contributed by atoms with van der Waals surface area (Å²) in [6, 6.07) is 4.20. The molecule has 100 valence electrons. The second kappa shape index (κ2) is 5.24. The Balaban J connectivity index is 1.97. The number of sulfone groups is 1. The highest BCUT2D eigenvalue weighted by Crippen LogP contribution is 2.21. The van der Waals surface area contributed by atoms with Gasteiger partial charge in [-0.3, -0.25) is 0 Å². The summed E-state index contributed by atoms with van der Waals surface area (Å²) in [4.78, 5) is 0. The van der Waals surface area contributed by atoms with Crippen LogP contribution in [0.1, 0.15) is 18.4 Å². The second-order valence-corrected chi connectivity index (χ2v) is 6.81. The molecule has 1 fully saturated rings. The lowest BCUT2D eigenvalue weighted by Crippen LogP contribution is -2.39. The van der Waals surface area contributed by atoms with Gasteiger partial charge in [-0.15, -0.1) is 0 Å². The van der Waals surface area contributed by atoms with Crippen LogP contribution in [0.15, 0.2) is 18.2 Å². The zero-order valence-corrected chi connectivity index (χ0v) is 10.7. The summed E-state index contributed by atoms with van der Waals surface area (Å²) in [6.45, 7) is 0.268. The summed E-state index contributed by atoms with van der Waals surface area (Å²) < 4.78 is 36.0. The molecule has 1 saturated heterocycles. The zero-order chi connectivity index (χ0) is 13.2. The maximum atomic E-state index is 13.1. The van der Waals surface area contributed by atoms with Crippen LogP contribution < -0.4 is 5.32 Å². The molecule has 1 atom stereocenters. The number of benzene rings is 1. The van der Waals surface area contributed by atoms with Crippen molar-refractivity contribution >= 4 is 9.84 Å². The number of aromatic hydroxyl groups is 1. The fourth-order valence-corrected chi connectivity index (χ4v) is 3.81. The van der Waals surface area contributed by atoms with Crippen molar-refractivity contribution in [2.75, 3.05) is 11.5 Å². The third-order valence-corrected chi connectivity index (χ3v) is 4.94. The van der Waals surface area contributed by atoms with Crippen molar-refractivity contribution in [1.29, 1.82) is 0 Å². The lowest BCUT2D eigenvalue weighted by Gasteiger charge is -2.23. The third-order valence-electron chi connectivity index (χ3n) is 3.11. The van der Waals surface area contributed by atoms with Crippen LogP contribution in [0.3, 0.4) is 0 Å². The van der Waals surface area contributed by atoms with Crippen molar-refractivity contribution in [3.8, 4) is 5.75 Å². The van der Waals surface area contributed by atoms with Gasteiger partial charge in [0.15, 0.2) is 21.4 Å². The Kier molecular flexibility index (Phi) is 3.87. The van der Waals surface area contributed by atoms with Gasteiger partial charge < -0.3 is 10.4 Å². The van der Waals surface area contributed by atoms with Gasteiger partial charge in [0.2, 0.25) is 0 Å². The van der Waals surface area contributed by atoms with Crippen molar-refractivity contribution < 1.29 is 17.9 Å². The Morgan fingerprint density at radius 1 is 1.44 bits per heavy atom. The van der Waals surface area contributed by atoms with Crippen LogP contribution in [0.4, 0.5) is 4.39 Å². The van der Waals surface area contributed by atoms with Gasteiger partial charge in [0.25, 0.3) is 0 Å². The highest BCUT2D eigenvalue weighted by molar-refractivity contribution is 7.91. The van der Waals surface area contributed by atoms with Gasteiger partial charge in [-0.05, 0) is 18.9 Å². The van der Waals surface area contributed by atoms with E-state index in [0.717, 1.165) is 6.42 Å². The quantitative estimate of drug-likeness (QED) is 0.868. The molecule has 1 unspecified atom stereocenters. The van der Waals surface area contributed by atoms with Crippen LogP contribution >= 0.6 is 0 Å². The standard InChI is InChI=1S/C12H16FNO3S/c13-11-5-1-3-9(12(11)15)7-14-10-4-2-6-18(16,17)8-10/h1,3,5,10,14-15H,2,4,6-8H2. The summed E-state index contributed by atoms with van der Waals surface area (Å²) in [6.07, 6.45) is 1.43. The van der Waals surface area contributed by atoms with Crippen molar-refractivity contribution in [1.82, 2.24) is 5.32 Å². The molecular formula is C12H16FNO3S. The van der Waals surface area contributed by atoms with E-state index in [4.69, 9.17) is 0 Å². The molecule has 1 heterocycles. The van der Waals surface area contributed by atoms with Crippen LogP contribution in [0.5, 0.6) is 5.75 Å². The normalized spacial score (nSPS) is 22.8. The van der Waals surface area contributed by atoms with Gasteiger partial charge in [0.1, 0.15) is 0 Å². The first kappa shape index (κ1) is 13.3. The van der Waals surface area contributed by atoms with Crippen LogP contribution in [-0.4, -0.2) is 31.1 Å². The molecule has 1 aliphatic rings. The molecule has 2 N–H and O–H groups in total. The largest absolute Gasteiger partial charge is 0.505 e. The van der Waals surface area contributed by atoms with E-state index in [1.54, 1.807) is 6.07 Å². The third kappa shape index (κ3) is 3.20. The lowest BCUT2D eigenvalue weighted by atomic mass is 10.1. The zero-order valence-electron chi connectivity index (χ0n) is 9.89. The van der Waals surface area contributed by atoms with Gasteiger partial charge in [0.05, 0.1) is 11.5 Å². The SMILES string of the molecule is O=S1(=O)CCCC(NCc2cccc(F)c2O)C1. The molecule has 4 nitrogen and oxygen atoms in total. The Bertz CT molecular complexity index is 530. The molecule has 0 aromatic heterocycles. The molecule has 0 spiro atoms. The number of hydrogen-bond donors (Lipinski definition) is 2. The van der Waals surface area contributed by atoms with Crippen molar-refractivity contribution in [3.63, 3.8) is 0 Å². The van der Waals surface area contributed by atoms with Crippen molar-refractivity contribution in [2.24, 2.45) is 0 Å². The number of halogens is 1. The van der Waals surface area contributed by atoms with Gasteiger partial charge in [-0.1, -0.05) is 12.1 Å². The van der Waals surface area contributed by atoms with E-state index < -0.39 is 15.7 Å². The Labute approximate surface area is 106 Å². The molecule has 1 aromatic carbocycles. The van der Waals surface area contributed by atoms with E-state index in [2.05, 4.69) is 5.32 Å². The second-order valence-electron chi connectivity index (χ2n) is 4.58. The molecule has 1 aromatic rings. The molecule has 0 bridgehead atoms. The molecule has 0 saturated carbocycles. The number of phenols is 1. The molecule has 0 amide bonds. The van der Waals surface area contributed by atoms with Crippen molar-refractivity contribution in [2.45, 2.75) is 25.4 Å². The van der Waals surface area contributed by atoms with Crippen LogP contribution in [0, 0.1) is 5.82 Å². The van der Waals surface area contributed by atoms with Gasteiger partial charge in [0, 0.05) is 18.2 Å². The molecule has 0 radical (unpaired) electrons. The number of nitrogens with one attached hydrogen (secondary N) is 1. The van der Waals surface area contributed by atoms with E-state index in [1.165, 1.54) is 12.1 Å². The lowest BCUT2D eigenvalue weighted by molar-refractivity contribution is 0.417. The first-order valence-electron chi connectivity index (χ1n) is 5.88. The van der Waals surface area contributed by atoms with E-state index in [1.807, 2.05) is 0 Å². The Hall–Kier alpha value is -1.14. The predicted molar refractivity (Wildman–Crippen MR) is 66.6 cm³/mol. The van der Waals surface area contributed by atoms with Crippen LogP contribution in [0.2, 0.25) is 0 Å². The number of rotatable bonds is 3. The number of hydrogen-bond acceptors (Lipinski definition) is 4. The number of phenolic OH excluding ortho intramolecular Hbond substituents is 1. The monoisotopic (exact) mass is 273 g/mol. The summed E-state index contributed by atoms with van der Waals surface area (Å²) in [5.74, 6) is -0.673. The molecule has 0 aliphatic carbocycles. The summed E-state index contributed by atoms with van der Waals surface area (Å²) in [7, 11) is -2.95. The van der Waals surface area contributed by atoms with Crippen LogP contribution in [0.25, 0.3) is 0 Å². The fourth-order valence-electron chi connectivity index (χ4n) is 2.14. The average molecular weight is 273 g/mol. The minimum Gasteiger partial charge on any atom is -0.505 e. The smallest absolute Gasteiger partial charge is 0.165 e. The van der Waals surface area contributed by atoms with Gasteiger partial charge in [-0.2, -0.15) is 0 Å². The maximum absolute atomic E-state index is 13.1. The molecule has 1 aliphatic heterocycles. The first-order valence-corrected chi connectivity index (χ1v) is 7.70. The molecule has 6 heteroatoms. The maximum Gasteiger partial charge on any atom is 0.165 e. The minimum atomic E-state index is -2.95. The van der Waals surface area contributed by atoms with Gasteiger partial charge >= 0.3 is 0 Å². The van der Waals surface area contributed by atoms with E-state index in [0.29, 0.717) is 12.0 Å². The van der Waals surface area contributed by atoms with E-state index in [9.17, 15) is 17.9 Å². The molecular weight excluding hydrogens is 257 g/mol. The van der Waals surface area contributed by atoms with Crippen molar-refractivity contribution in [3.05, 3.63) is 29.6 Å². The highest BCUT2D eigenvalue weighted by atomic mass is 32.2. The Morgan fingerprint density at radius 3 is 2.94 bits per heavy atom. The summed E-state index contributed by atoms with van der Waals surface area (Å²) in [5, 5.41) is 12.6. The summed E-state index contributed by atoms with van der Waals surface area (Å²) >= 11 is 0. The Morgan fingerprint density at radius 2 is 2.22 bits per heavy atom. The minimum absolute atomic E-state index is 0.114. The average Bonchev–Trinajstić information content (AvgIpc) is 2.30. The highest BCUT2D eigenvalue weighted by Gasteiger charge is 2.24. The first-order chi connectivity index (χ1) is 8.48. The summed E-state index contributed by atoms with van der Waals surface area (Å²) in [5.41, 5.74) is 0.443. The van der Waals surface area contributed by atoms with E-state index in [-0.39, 0.29) is 29.8 Å². The van der Waals surface area contributed by atoms with E-state index >= 15 is 0 Å². The fraction of sp³-hybridized carbons (Fsp3) is 0.500. The van der Waals surface area contributed by atoms with Gasteiger partial charge in [-0.25, -0.2) is 12.8 Å². The molecule has 18 heavy (non-hydrogen) atoms. The predicted octanol–water partition coefficient (Wildman–Crippen LogP) is 1.20. The molecule has 2 rings (SSSR count). The van der Waals surface area contributed by atoms with Crippen LogP contribution in [-0.2, 0) is 16.4 Å². The topological polar surface area (TPSA) is 66.4 Å². The number of para-hydroxylation sites is 1.